The van der Waals surface area contributed by atoms with E-state index in [-0.39, 0.29) is 6.61 Å². The average molecular weight is 356 g/mol. The minimum absolute atomic E-state index is 0.265. The van der Waals surface area contributed by atoms with Crippen LogP contribution in [-0.2, 0) is 28.2 Å². The zero-order chi connectivity index (χ0) is 17.2. The van der Waals surface area contributed by atoms with E-state index in [0.717, 1.165) is 0 Å². The minimum atomic E-state index is -0.581. The molecule has 140 valence electrons. The van der Waals surface area contributed by atoms with Gasteiger partial charge in [0.15, 0.2) is 0 Å². The van der Waals surface area contributed by atoms with E-state index in [0.29, 0.717) is 73.9 Å². The molecule has 0 aromatic carbocycles. The lowest BCUT2D eigenvalue weighted by molar-refractivity contribution is -0.0250. The number of hydrogen-bond donors (Lipinski definition) is 1. The zero-order valence-corrected chi connectivity index (χ0v) is 15.6. The molecule has 0 rings (SSSR count). The number of aliphatic hydroxyl groups excluding tert-OH is 1. The highest BCUT2D eigenvalue weighted by Gasteiger charge is 2.05. The Bertz CT molecular complexity index is 232. The Balaban J connectivity index is 3.09. The van der Waals surface area contributed by atoms with Crippen LogP contribution in [0.1, 0.15) is 13.8 Å². The first-order valence-corrected chi connectivity index (χ1v) is 9.00. The second-order valence-corrected chi connectivity index (χ2v) is 6.82. The standard InChI is InChI=1S/C15H33O7P/c1-14(2)23-22-13-15(16)12-21-11-10-20-9-8-19-7-6-18-5-4-17-3/h14-16,23H,4-13H2,1-3H3. The molecule has 0 fully saturated rings. The molecule has 8 heteroatoms. The molecule has 0 heterocycles. The Hall–Kier alpha value is 0.150. The summed E-state index contributed by atoms with van der Waals surface area (Å²) in [6.07, 6.45) is -0.581. The molecule has 0 amide bonds. The molecule has 7 nitrogen and oxygen atoms in total. The first-order chi connectivity index (χ1) is 11.2. The van der Waals surface area contributed by atoms with Gasteiger partial charge >= 0.3 is 0 Å². The summed E-state index contributed by atoms with van der Waals surface area (Å²) in [5, 5.41) is 9.61. The highest BCUT2D eigenvalue weighted by molar-refractivity contribution is 7.33. The van der Waals surface area contributed by atoms with Crippen molar-refractivity contribution < 1.29 is 33.3 Å². The summed E-state index contributed by atoms with van der Waals surface area (Å²) < 4.78 is 31.5. The van der Waals surface area contributed by atoms with Gasteiger partial charge in [-0.2, -0.15) is 0 Å². The summed E-state index contributed by atoms with van der Waals surface area (Å²) in [7, 11) is 2.06. The van der Waals surface area contributed by atoms with Crippen molar-refractivity contribution in [1.82, 2.24) is 0 Å². The van der Waals surface area contributed by atoms with E-state index in [1.54, 1.807) is 7.11 Å². The van der Waals surface area contributed by atoms with Crippen LogP contribution < -0.4 is 0 Å². The Morgan fingerprint density at radius 1 is 0.739 bits per heavy atom. The largest absolute Gasteiger partial charge is 0.388 e. The normalized spacial score (nSPS) is 13.4. The minimum Gasteiger partial charge on any atom is -0.388 e. The van der Waals surface area contributed by atoms with Crippen LogP contribution in [0.3, 0.4) is 0 Å². The van der Waals surface area contributed by atoms with Gasteiger partial charge in [-0.1, -0.05) is 13.8 Å². The van der Waals surface area contributed by atoms with Gasteiger partial charge < -0.3 is 33.3 Å². The zero-order valence-electron chi connectivity index (χ0n) is 14.6. The molecule has 23 heavy (non-hydrogen) atoms. The predicted molar refractivity (Wildman–Crippen MR) is 90.6 cm³/mol. The molecule has 1 N–H and O–H groups in total. The SMILES string of the molecule is COCCOCCOCCOCCOCC(O)COPC(C)C. The Morgan fingerprint density at radius 3 is 1.70 bits per heavy atom. The van der Waals surface area contributed by atoms with E-state index in [9.17, 15) is 5.11 Å². The second kappa shape index (κ2) is 18.5. The first-order valence-electron chi connectivity index (χ1n) is 8.02. The summed E-state index contributed by atoms with van der Waals surface area (Å²) in [5.74, 6) is 0. The maximum absolute atomic E-state index is 9.61. The van der Waals surface area contributed by atoms with Crippen LogP contribution in [-0.4, -0.2) is 90.0 Å². The third kappa shape index (κ3) is 20.1. The third-order valence-corrected chi connectivity index (χ3v) is 3.26. The molecule has 0 aliphatic heterocycles. The number of aliphatic hydroxyl groups is 1. The van der Waals surface area contributed by atoms with E-state index in [2.05, 4.69) is 13.8 Å². The Labute approximate surface area is 141 Å². The van der Waals surface area contributed by atoms with Gasteiger partial charge in [0.1, 0.15) is 6.10 Å². The third-order valence-electron chi connectivity index (χ3n) is 2.45. The highest BCUT2D eigenvalue weighted by atomic mass is 31.1. The molecule has 0 saturated carbocycles. The fourth-order valence-electron chi connectivity index (χ4n) is 1.38. The van der Waals surface area contributed by atoms with Gasteiger partial charge in [0, 0.05) is 15.9 Å². The monoisotopic (exact) mass is 356 g/mol. The van der Waals surface area contributed by atoms with Crippen molar-refractivity contribution in [3.63, 3.8) is 0 Å². The predicted octanol–water partition coefficient (Wildman–Crippen LogP) is 1.08. The molecular formula is C15H33O7P. The van der Waals surface area contributed by atoms with Gasteiger partial charge in [-0.15, -0.1) is 0 Å². The molecule has 0 bridgehead atoms. The number of rotatable bonds is 18. The van der Waals surface area contributed by atoms with E-state index in [1.807, 2.05) is 0 Å². The number of methoxy groups -OCH3 is 1. The highest BCUT2D eigenvalue weighted by Crippen LogP contribution is 2.18. The number of hydrogen-bond acceptors (Lipinski definition) is 7. The van der Waals surface area contributed by atoms with Crippen LogP contribution >= 0.6 is 8.81 Å². The number of ether oxygens (including phenoxy) is 5. The van der Waals surface area contributed by atoms with E-state index >= 15 is 0 Å². The summed E-state index contributed by atoms with van der Waals surface area (Å²) in [5.41, 5.74) is 0.496. The summed E-state index contributed by atoms with van der Waals surface area (Å²) in [6, 6.07) is 0. The molecule has 0 radical (unpaired) electrons. The van der Waals surface area contributed by atoms with Crippen LogP contribution in [0, 0.1) is 0 Å². The molecule has 0 aliphatic rings. The second-order valence-electron chi connectivity index (χ2n) is 5.14. The van der Waals surface area contributed by atoms with E-state index < -0.39 is 6.10 Å². The van der Waals surface area contributed by atoms with E-state index in [1.165, 1.54) is 0 Å². The molecule has 0 spiro atoms. The van der Waals surface area contributed by atoms with Crippen LogP contribution in [0.25, 0.3) is 0 Å². The summed E-state index contributed by atoms with van der Waals surface area (Å²) in [6.45, 7) is 9.01. The maximum atomic E-state index is 9.61. The molecule has 0 aromatic heterocycles. The quantitative estimate of drug-likeness (QED) is 0.291. The molecular weight excluding hydrogens is 323 g/mol. The first kappa shape index (κ1) is 23.1. The lowest BCUT2D eigenvalue weighted by Gasteiger charge is -2.13. The van der Waals surface area contributed by atoms with E-state index in [4.69, 9.17) is 28.2 Å². The van der Waals surface area contributed by atoms with Crippen LogP contribution in [0.4, 0.5) is 0 Å². The lowest BCUT2D eigenvalue weighted by Crippen LogP contribution is -2.22. The Kier molecular flexibility index (Phi) is 18.6. The van der Waals surface area contributed by atoms with Crippen molar-refractivity contribution in [3.8, 4) is 0 Å². The van der Waals surface area contributed by atoms with Crippen molar-refractivity contribution in [3.05, 3.63) is 0 Å². The van der Waals surface area contributed by atoms with Crippen molar-refractivity contribution in [2.24, 2.45) is 0 Å². The average Bonchev–Trinajstić information content (AvgIpc) is 2.51. The van der Waals surface area contributed by atoms with Crippen molar-refractivity contribution in [2.45, 2.75) is 25.6 Å². The summed E-state index contributed by atoms with van der Waals surface area (Å²) >= 11 is 0. The van der Waals surface area contributed by atoms with Gasteiger partial charge in [0.05, 0.1) is 66.1 Å². The Morgan fingerprint density at radius 2 is 1.22 bits per heavy atom. The van der Waals surface area contributed by atoms with Gasteiger partial charge in [0.2, 0.25) is 0 Å². The van der Waals surface area contributed by atoms with Crippen molar-refractivity contribution >= 4 is 8.81 Å². The van der Waals surface area contributed by atoms with Crippen molar-refractivity contribution in [2.75, 3.05) is 73.2 Å². The van der Waals surface area contributed by atoms with Gasteiger partial charge in [0.25, 0.3) is 0 Å². The van der Waals surface area contributed by atoms with Gasteiger partial charge in [-0.25, -0.2) is 0 Å². The molecule has 0 aromatic rings. The lowest BCUT2D eigenvalue weighted by atomic mass is 10.4. The van der Waals surface area contributed by atoms with Crippen LogP contribution in [0.2, 0.25) is 0 Å². The summed E-state index contributed by atoms with van der Waals surface area (Å²) in [4.78, 5) is 0. The maximum Gasteiger partial charge on any atom is 0.101 e. The molecule has 2 atom stereocenters. The van der Waals surface area contributed by atoms with Crippen LogP contribution in [0.5, 0.6) is 0 Å². The van der Waals surface area contributed by atoms with Crippen LogP contribution in [0.15, 0.2) is 0 Å². The van der Waals surface area contributed by atoms with Gasteiger partial charge in [-0.05, 0) is 5.66 Å². The van der Waals surface area contributed by atoms with Crippen molar-refractivity contribution in [1.29, 1.82) is 0 Å². The smallest absolute Gasteiger partial charge is 0.101 e. The fraction of sp³-hybridized carbons (Fsp3) is 1.00. The fourth-order valence-corrected chi connectivity index (χ4v) is 2.00. The molecule has 0 aliphatic carbocycles. The van der Waals surface area contributed by atoms with Gasteiger partial charge in [-0.3, -0.25) is 0 Å². The molecule has 2 unspecified atom stereocenters. The molecule has 0 saturated heterocycles. The topological polar surface area (TPSA) is 75.6 Å².